The predicted octanol–water partition coefficient (Wildman–Crippen LogP) is 2.27. The van der Waals surface area contributed by atoms with Gasteiger partial charge in [-0.1, -0.05) is 0 Å². The van der Waals surface area contributed by atoms with Crippen LogP contribution in [0.25, 0.3) is 0 Å². The number of rotatable bonds is 3. The Bertz CT molecular complexity index is 244. The Balaban J connectivity index is 1.77. The minimum Gasteiger partial charge on any atom is -0.377 e. The highest BCUT2D eigenvalue weighted by atomic mass is 16.5. The van der Waals surface area contributed by atoms with Gasteiger partial charge in [-0.15, -0.1) is 0 Å². The second-order valence-electron chi connectivity index (χ2n) is 5.86. The highest BCUT2D eigenvalue weighted by molar-refractivity contribution is 5.83. The molecule has 0 saturated heterocycles. The molecule has 4 aliphatic carbocycles. The van der Waals surface area contributed by atoms with Crippen molar-refractivity contribution in [1.29, 1.82) is 0 Å². The van der Waals surface area contributed by atoms with E-state index < -0.39 is 0 Å². The molecule has 2 nitrogen and oxygen atoms in total. The number of ketones is 1. The summed E-state index contributed by atoms with van der Waals surface area (Å²) in [4.78, 5) is 12.0. The molecule has 0 spiro atoms. The number of methoxy groups -OCH3 is 1. The van der Waals surface area contributed by atoms with Gasteiger partial charge in [0.05, 0.1) is 0 Å². The largest absolute Gasteiger partial charge is 0.377 e. The first-order valence-electron chi connectivity index (χ1n) is 6.29. The molecule has 0 aliphatic heterocycles. The highest BCUT2D eigenvalue weighted by Crippen LogP contribution is 2.56. The molecule has 2 heteroatoms. The first kappa shape index (κ1) is 9.83. The van der Waals surface area contributed by atoms with E-state index in [4.69, 9.17) is 4.74 Å². The number of carbonyl (C=O) groups excluding carboxylic acids is 1. The van der Waals surface area contributed by atoms with E-state index in [-0.39, 0.29) is 0 Å². The van der Waals surface area contributed by atoms with Crippen LogP contribution in [-0.4, -0.2) is 19.5 Å². The molecule has 0 unspecified atom stereocenters. The Hall–Kier alpha value is -0.370. The predicted molar refractivity (Wildman–Crippen MR) is 57.4 cm³/mol. The van der Waals surface area contributed by atoms with Gasteiger partial charge >= 0.3 is 0 Å². The second-order valence-corrected chi connectivity index (χ2v) is 5.86. The topological polar surface area (TPSA) is 26.3 Å². The third kappa shape index (κ3) is 1.54. The lowest BCUT2D eigenvalue weighted by atomic mass is 9.51. The zero-order valence-corrected chi connectivity index (χ0v) is 9.45. The van der Waals surface area contributed by atoms with Crippen LogP contribution in [0.4, 0.5) is 0 Å². The fourth-order valence-electron chi connectivity index (χ4n) is 4.69. The zero-order chi connectivity index (χ0) is 10.4. The lowest BCUT2D eigenvalue weighted by molar-refractivity contribution is -0.139. The van der Waals surface area contributed by atoms with Crippen molar-refractivity contribution in [3.8, 4) is 0 Å². The monoisotopic (exact) mass is 208 g/mol. The van der Waals surface area contributed by atoms with Crippen molar-refractivity contribution in [1.82, 2.24) is 0 Å². The molecule has 0 heterocycles. The van der Waals surface area contributed by atoms with Crippen LogP contribution < -0.4 is 0 Å². The van der Waals surface area contributed by atoms with E-state index in [1.807, 2.05) is 0 Å². The fourth-order valence-corrected chi connectivity index (χ4v) is 4.69. The van der Waals surface area contributed by atoms with E-state index in [0.717, 1.165) is 11.8 Å². The van der Waals surface area contributed by atoms with Crippen LogP contribution >= 0.6 is 0 Å². The normalized spacial score (nSPS) is 47.1. The molecule has 0 aromatic heterocycles. The quantitative estimate of drug-likeness (QED) is 0.711. The maximum atomic E-state index is 12.0. The van der Waals surface area contributed by atoms with Crippen molar-refractivity contribution < 1.29 is 9.53 Å². The van der Waals surface area contributed by atoms with E-state index in [1.165, 1.54) is 32.1 Å². The van der Waals surface area contributed by atoms with Crippen LogP contribution in [0, 0.1) is 29.6 Å². The molecule has 4 bridgehead atoms. The van der Waals surface area contributed by atoms with Gasteiger partial charge in [-0.25, -0.2) is 0 Å². The van der Waals surface area contributed by atoms with Crippen LogP contribution in [0.5, 0.6) is 0 Å². The van der Waals surface area contributed by atoms with Gasteiger partial charge in [-0.05, 0) is 55.8 Å². The van der Waals surface area contributed by atoms with E-state index in [9.17, 15) is 4.79 Å². The van der Waals surface area contributed by atoms with Gasteiger partial charge < -0.3 is 4.74 Å². The van der Waals surface area contributed by atoms with Gasteiger partial charge in [0.2, 0.25) is 0 Å². The minimum absolute atomic E-state index is 0.340. The average Bonchev–Trinajstić information content (AvgIpc) is 2.15. The van der Waals surface area contributed by atoms with Gasteiger partial charge in [0.1, 0.15) is 6.61 Å². The first-order valence-corrected chi connectivity index (χ1v) is 6.29. The number of carbonyl (C=O) groups is 1. The summed E-state index contributed by atoms with van der Waals surface area (Å²) in [5.41, 5.74) is 0. The molecule has 4 fully saturated rings. The van der Waals surface area contributed by atoms with Crippen LogP contribution in [0.2, 0.25) is 0 Å². The zero-order valence-electron chi connectivity index (χ0n) is 9.45. The van der Waals surface area contributed by atoms with Gasteiger partial charge in [0, 0.05) is 13.0 Å². The molecule has 15 heavy (non-hydrogen) atoms. The van der Waals surface area contributed by atoms with E-state index >= 15 is 0 Å². The Labute approximate surface area is 91.4 Å². The molecule has 0 radical (unpaired) electrons. The van der Waals surface area contributed by atoms with Crippen molar-refractivity contribution in [2.24, 2.45) is 29.6 Å². The summed E-state index contributed by atoms with van der Waals surface area (Å²) in [6.07, 6.45) is 6.76. The van der Waals surface area contributed by atoms with Crippen LogP contribution in [0.3, 0.4) is 0 Å². The van der Waals surface area contributed by atoms with Gasteiger partial charge in [-0.2, -0.15) is 0 Å². The molecular formula is C13H20O2. The standard InChI is InChI=1S/C13H20O2/c1-15-7-12(14)13-10-3-8-2-9(5-10)6-11(13)4-8/h8-11,13H,2-7H2,1H3. The molecule has 0 atom stereocenters. The van der Waals surface area contributed by atoms with Crippen molar-refractivity contribution in [3.05, 3.63) is 0 Å². The fraction of sp³-hybridized carbons (Fsp3) is 0.923. The molecule has 4 aliphatic rings. The molecule has 4 saturated carbocycles. The maximum absolute atomic E-state index is 12.0. The van der Waals surface area contributed by atoms with Gasteiger partial charge in [0.15, 0.2) is 5.78 Å². The third-order valence-corrected chi connectivity index (χ3v) is 4.89. The Morgan fingerprint density at radius 2 is 1.60 bits per heavy atom. The Kier molecular flexibility index (Phi) is 2.35. The molecule has 84 valence electrons. The number of ether oxygens (including phenoxy) is 1. The van der Waals surface area contributed by atoms with Crippen LogP contribution in [0.15, 0.2) is 0 Å². The second kappa shape index (κ2) is 3.58. The molecule has 0 amide bonds. The summed E-state index contributed by atoms with van der Waals surface area (Å²) in [6, 6.07) is 0. The lowest BCUT2D eigenvalue weighted by Crippen LogP contribution is -2.48. The summed E-state index contributed by atoms with van der Waals surface area (Å²) in [7, 11) is 1.63. The SMILES string of the molecule is COCC(=O)C1C2CC3CC(C2)CC1C3. The summed E-state index contributed by atoms with van der Waals surface area (Å²) in [5.74, 6) is 4.08. The maximum Gasteiger partial charge on any atom is 0.162 e. The Morgan fingerprint density at radius 1 is 1.07 bits per heavy atom. The number of hydrogen-bond acceptors (Lipinski definition) is 2. The van der Waals surface area contributed by atoms with Crippen molar-refractivity contribution in [2.45, 2.75) is 32.1 Å². The minimum atomic E-state index is 0.340. The first-order chi connectivity index (χ1) is 7.28. The number of Topliss-reactive ketones (excluding diaryl/α,β-unsaturated/α-hetero) is 1. The summed E-state index contributed by atoms with van der Waals surface area (Å²) in [6.45, 7) is 0.340. The van der Waals surface area contributed by atoms with Gasteiger partial charge in [0.25, 0.3) is 0 Å². The summed E-state index contributed by atoms with van der Waals surface area (Å²) in [5, 5.41) is 0. The Morgan fingerprint density at radius 3 is 2.07 bits per heavy atom. The van der Waals surface area contributed by atoms with E-state index in [2.05, 4.69) is 0 Å². The van der Waals surface area contributed by atoms with Crippen LogP contribution in [-0.2, 0) is 9.53 Å². The van der Waals surface area contributed by atoms with Crippen molar-refractivity contribution in [2.75, 3.05) is 13.7 Å². The van der Waals surface area contributed by atoms with Crippen molar-refractivity contribution in [3.63, 3.8) is 0 Å². The molecule has 4 rings (SSSR count). The highest BCUT2D eigenvalue weighted by Gasteiger charge is 2.50. The summed E-state index contributed by atoms with van der Waals surface area (Å²) < 4.78 is 5.01. The van der Waals surface area contributed by atoms with E-state index in [1.54, 1.807) is 7.11 Å². The third-order valence-electron chi connectivity index (χ3n) is 4.89. The number of hydrogen-bond donors (Lipinski definition) is 0. The molecular weight excluding hydrogens is 188 g/mol. The van der Waals surface area contributed by atoms with Crippen LogP contribution in [0.1, 0.15) is 32.1 Å². The average molecular weight is 208 g/mol. The lowest BCUT2D eigenvalue weighted by Gasteiger charge is -2.53. The van der Waals surface area contributed by atoms with Crippen molar-refractivity contribution >= 4 is 5.78 Å². The van der Waals surface area contributed by atoms with E-state index in [0.29, 0.717) is 30.1 Å². The van der Waals surface area contributed by atoms with Gasteiger partial charge in [-0.3, -0.25) is 4.79 Å². The molecule has 0 aromatic carbocycles. The molecule has 0 N–H and O–H groups in total. The summed E-state index contributed by atoms with van der Waals surface area (Å²) >= 11 is 0. The smallest absolute Gasteiger partial charge is 0.162 e. The molecule has 0 aromatic rings.